The van der Waals surface area contributed by atoms with Crippen molar-refractivity contribution < 1.29 is 0 Å². The van der Waals surface area contributed by atoms with Crippen LogP contribution in [0.25, 0.3) is 11.0 Å². The van der Waals surface area contributed by atoms with Crippen molar-refractivity contribution in [1.29, 1.82) is 0 Å². The van der Waals surface area contributed by atoms with Gasteiger partial charge in [0.2, 0.25) is 5.13 Å². The fraction of sp³-hybridized carbons (Fsp3) is 0.300. The summed E-state index contributed by atoms with van der Waals surface area (Å²) < 4.78 is 1.72. The second-order valence-electron chi connectivity index (χ2n) is 4.01. The van der Waals surface area contributed by atoms with E-state index in [1.807, 2.05) is 14.0 Å². The highest BCUT2D eigenvalue weighted by Gasteiger charge is 2.10. The third-order valence-electron chi connectivity index (χ3n) is 2.59. The van der Waals surface area contributed by atoms with Crippen LogP contribution in [0.3, 0.4) is 0 Å². The Bertz CT molecular complexity index is 730. The maximum atomic E-state index is 5.54. The van der Waals surface area contributed by atoms with E-state index in [2.05, 4.69) is 30.6 Å². The molecule has 3 aromatic rings. The Kier molecular flexibility index (Phi) is 2.75. The fourth-order valence-corrected chi connectivity index (χ4v) is 2.31. The van der Waals surface area contributed by atoms with E-state index < -0.39 is 0 Å². The number of nitrogens with zero attached hydrogens (tertiary/aromatic N) is 6. The summed E-state index contributed by atoms with van der Waals surface area (Å²) in [5.41, 5.74) is 6.34. The molecular weight excluding hydrogens is 264 g/mol. The van der Waals surface area contributed by atoms with E-state index in [0.717, 1.165) is 21.9 Å². The van der Waals surface area contributed by atoms with Gasteiger partial charge in [0.25, 0.3) is 0 Å². The van der Waals surface area contributed by atoms with Crippen LogP contribution in [0.2, 0.25) is 0 Å². The molecule has 0 unspecified atom stereocenters. The smallest absolute Gasteiger partial charge is 0.203 e. The van der Waals surface area contributed by atoms with Gasteiger partial charge < -0.3 is 11.1 Å². The molecule has 0 aromatic carbocycles. The number of rotatable bonds is 3. The van der Waals surface area contributed by atoms with Gasteiger partial charge in [0.05, 0.1) is 18.1 Å². The number of fused-ring (bicyclic) bond motifs is 1. The van der Waals surface area contributed by atoms with Crippen LogP contribution in [0.15, 0.2) is 6.20 Å². The van der Waals surface area contributed by atoms with E-state index >= 15 is 0 Å². The zero-order chi connectivity index (χ0) is 13.4. The molecule has 0 spiro atoms. The van der Waals surface area contributed by atoms with Gasteiger partial charge in [0, 0.05) is 7.05 Å². The number of nitrogen functional groups attached to an aromatic ring is 1. The average Bonchev–Trinajstić information content (AvgIpc) is 2.94. The first-order chi connectivity index (χ1) is 9.13. The van der Waals surface area contributed by atoms with Crippen LogP contribution in [-0.2, 0) is 13.6 Å². The fourth-order valence-electron chi connectivity index (χ4n) is 1.76. The third kappa shape index (κ3) is 2.19. The number of hydrogen-bond acceptors (Lipinski definition) is 8. The molecule has 0 atom stereocenters. The van der Waals surface area contributed by atoms with Gasteiger partial charge in [-0.2, -0.15) is 5.10 Å². The Balaban J connectivity index is 1.92. The summed E-state index contributed by atoms with van der Waals surface area (Å²) in [4.78, 5) is 8.75. The highest BCUT2D eigenvalue weighted by Crippen LogP contribution is 2.20. The molecule has 0 saturated carbocycles. The summed E-state index contributed by atoms with van der Waals surface area (Å²) >= 11 is 1.35. The molecule has 3 heterocycles. The average molecular weight is 276 g/mol. The lowest BCUT2D eigenvalue weighted by molar-refractivity contribution is 0.783. The van der Waals surface area contributed by atoms with Crippen molar-refractivity contribution in [3.05, 3.63) is 17.0 Å². The minimum absolute atomic E-state index is 0.460. The van der Waals surface area contributed by atoms with Crippen molar-refractivity contribution in [3.63, 3.8) is 0 Å². The maximum absolute atomic E-state index is 5.54. The maximum Gasteiger partial charge on any atom is 0.203 e. The molecule has 0 aliphatic carbocycles. The van der Waals surface area contributed by atoms with Crippen molar-refractivity contribution in [3.8, 4) is 0 Å². The summed E-state index contributed by atoms with van der Waals surface area (Å²) in [5, 5.41) is 17.3. The summed E-state index contributed by atoms with van der Waals surface area (Å²) in [6, 6.07) is 0. The number of anilines is 2. The van der Waals surface area contributed by atoms with E-state index in [0.29, 0.717) is 17.5 Å². The molecule has 0 saturated heterocycles. The number of nitrogens with one attached hydrogen (secondary N) is 1. The zero-order valence-corrected chi connectivity index (χ0v) is 11.3. The minimum atomic E-state index is 0.460. The monoisotopic (exact) mass is 276 g/mol. The van der Waals surface area contributed by atoms with Gasteiger partial charge in [0.1, 0.15) is 16.6 Å². The van der Waals surface area contributed by atoms with Crippen LogP contribution in [0.4, 0.5) is 10.9 Å². The molecule has 0 aliphatic rings. The van der Waals surface area contributed by atoms with Crippen LogP contribution in [0.5, 0.6) is 0 Å². The molecule has 3 N–H and O–H groups in total. The molecule has 3 rings (SSSR count). The number of nitrogens with two attached hydrogens (primary N) is 1. The lowest BCUT2D eigenvalue weighted by Gasteiger charge is -2.05. The highest BCUT2D eigenvalue weighted by molar-refractivity contribution is 7.15. The molecule has 98 valence electrons. The van der Waals surface area contributed by atoms with Crippen molar-refractivity contribution >= 4 is 33.3 Å². The highest BCUT2D eigenvalue weighted by atomic mass is 32.1. The quantitative estimate of drug-likeness (QED) is 0.725. The van der Waals surface area contributed by atoms with Crippen molar-refractivity contribution in [2.45, 2.75) is 13.5 Å². The number of aromatic nitrogens is 6. The van der Waals surface area contributed by atoms with Gasteiger partial charge in [-0.1, -0.05) is 11.3 Å². The van der Waals surface area contributed by atoms with Gasteiger partial charge in [-0.3, -0.25) is 4.68 Å². The predicted molar refractivity (Wildman–Crippen MR) is 72.7 cm³/mol. The molecule has 8 nitrogen and oxygen atoms in total. The van der Waals surface area contributed by atoms with Gasteiger partial charge >= 0.3 is 0 Å². The molecule has 0 fully saturated rings. The van der Waals surface area contributed by atoms with Crippen LogP contribution < -0.4 is 11.1 Å². The number of hydrogen-bond donors (Lipinski definition) is 2. The Morgan fingerprint density at radius 1 is 1.37 bits per heavy atom. The molecule has 19 heavy (non-hydrogen) atoms. The summed E-state index contributed by atoms with van der Waals surface area (Å²) in [7, 11) is 1.85. The first-order valence-corrected chi connectivity index (χ1v) is 6.43. The van der Waals surface area contributed by atoms with Gasteiger partial charge in [-0.05, 0) is 6.92 Å². The first kappa shape index (κ1) is 11.8. The molecule has 0 radical (unpaired) electrons. The second-order valence-corrected chi connectivity index (χ2v) is 5.11. The minimum Gasteiger partial charge on any atom is -0.374 e. The van der Waals surface area contributed by atoms with Crippen molar-refractivity contribution in [1.82, 2.24) is 29.9 Å². The van der Waals surface area contributed by atoms with Crippen molar-refractivity contribution in [2.24, 2.45) is 7.05 Å². The molecule has 0 aliphatic heterocycles. The molecule has 9 heteroatoms. The van der Waals surface area contributed by atoms with Crippen LogP contribution in [-0.4, -0.2) is 29.9 Å². The van der Waals surface area contributed by atoms with E-state index in [1.54, 1.807) is 10.9 Å². The van der Waals surface area contributed by atoms with E-state index in [-0.39, 0.29) is 0 Å². The number of aryl methyl sites for hydroxylation is 2. The van der Waals surface area contributed by atoms with Crippen LogP contribution >= 0.6 is 11.3 Å². The molecular formula is C10H12N8S. The largest absolute Gasteiger partial charge is 0.374 e. The topological polar surface area (TPSA) is 107 Å². The van der Waals surface area contributed by atoms with E-state index in [4.69, 9.17) is 5.73 Å². The Hall–Kier alpha value is -2.29. The summed E-state index contributed by atoms with van der Waals surface area (Å²) in [6.07, 6.45) is 1.74. The van der Waals surface area contributed by atoms with E-state index in [1.165, 1.54) is 11.3 Å². The summed E-state index contributed by atoms with van der Waals surface area (Å²) in [6.45, 7) is 2.37. The molecule has 3 aromatic heterocycles. The van der Waals surface area contributed by atoms with Crippen LogP contribution in [0, 0.1) is 6.92 Å². The first-order valence-electron chi connectivity index (χ1n) is 5.61. The van der Waals surface area contributed by atoms with Crippen molar-refractivity contribution in [2.75, 3.05) is 11.1 Å². The second kappa shape index (κ2) is 4.43. The Morgan fingerprint density at radius 2 is 2.21 bits per heavy atom. The van der Waals surface area contributed by atoms with E-state index in [9.17, 15) is 0 Å². The summed E-state index contributed by atoms with van der Waals surface area (Å²) in [5.74, 6) is 1.43. The van der Waals surface area contributed by atoms with Gasteiger partial charge in [-0.15, -0.1) is 10.2 Å². The Labute approximate surface area is 112 Å². The lowest BCUT2D eigenvalue weighted by Crippen LogP contribution is -2.04. The molecule has 0 bridgehead atoms. The zero-order valence-electron chi connectivity index (χ0n) is 10.5. The normalized spacial score (nSPS) is 11.1. The standard InChI is InChI=1S/C10H12N8S/c1-5-14-8(6-3-13-18(2)9(6)15-5)12-4-7-16-17-10(11)19-7/h3H,4H2,1-2H3,(H2,11,17)(H,12,14,15). The Morgan fingerprint density at radius 3 is 2.95 bits per heavy atom. The van der Waals surface area contributed by atoms with Gasteiger partial charge in [-0.25, -0.2) is 9.97 Å². The third-order valence-corrected chi connectivity index (χ3v) is 3.35. The SMILES string of the molecule is Cc1nc(NCc2nnc(N)s2)c2cnn(C)c2n1. The van der Waals surface area contributed by atoms with Gasteiger partial charge in [0.15, 0.2) is 5.65 Å². The lowest BCUT2D eigenvalue weighted by atomic mass is 10.4. The molecule has 0 amide bonds. The van der Waals surface area contributed by atoms with Crippen LogP contribution in [0.1, 0.15) is 10.8 Å². The predicted octanol–water partition coefficient (Wildman–Crippen LogP) is 0.718.